The van der Waals surface area contributed by atoms with E-state index in [-0.39, 0.29) is 110 Å². The van der Waals surface area contributed by atoms with Crippen LogP contribution in [0.3, 0.4) is 0 Å². The second-order valence-electron chi connectivity index (χ2n) is 19.1. The van der Waals surface area contributed by atoms with Gasteiger partial charge in [0.2, 0.25) is 0 Å². The highest BCUT2D eigenvalue weighted by atomic mass is 35.5. The Kier molecular flexibility index (Phi) is 39.3. The van der Waals surface area contributed by atoms with E-state index >= 15 is 0 Å². The standard InChI is InChI=1S/C14H18FN5O2S.C9H6ClFN2.C9H7FN2O.C8H8FNO2.C8H9NO2.C5H13N3O2S.8CH4/c1-9-4-13-11(5-12(9)15)14(18-8-17-13)20-6-10(7-20)2-3-19-23(16,21)22;1-5-2-8-6(3-7(5)11)9(10)13-4-12-8;1-5-2-8-6(3-7(5)10)9(13)12-4-11-8;1-4-2-7(10)5(8(11)12)3-6(4)9;1-5-2-3-6(8(10)11)7(9)4-5;6-11(9,10)8-2-1-5-3-7-4-5;;;;;;;;/h4-5,8,10,19H,2-3,6-7H2,1H3,(H2,16,21,22);2-4H,1H3;2-4H,1H3,(H,11,12,13);2-3H,10H2,1H3,(H,11,12);2-4H,9H2,1H3,(H,10,11);5,7-8H,1-4H2,(H2,6,9,10);8*1H4. The number of H-pyrrole nitrogens is 1. The number of aromatic nitrogens is 6. The van der Waals surface area contributed by atoms with Gasteiger partial charge < -0.3 is 36.9 Å². The first-order chi connectivity index (χ1) is 38.9. The third-order valence-corrected chi connectivity index (χ3v) is 14.0. The van der Waals surface area contributed by atoms with E-state index in [4.69, 9.17) is 43.6 Å². The predicted octanol–water partition coefficient (Wildman–Crippen LogP) is 11.0. The van der Waals surface area contributed by atoms with E-state index in [1.54, 1.807) is 51.1 Å². The Hall–Kier alpha value is -8.03. The summed E-state index contributed by atoms with van der Waals surface area (Å²) in [6, 6.07) is 16.0. The molecule has 8 aromatic rings. The number of carboxylic acid groups (broad SMARTS) is 2. The monoisotopic (exact) mass is 1340 g/mol. The molecule has 2 aliphatic heterocycles. The highest BCUT2D eigenvalue weighted by Crippen LogP contribution is 2.31. The number of hydrogen-bond acceptors (Lipinski definition) is 16. The number of aryl methyl sites for hydroxylation is 5. The lowest BCUT2D eigenvalue weighted by Gasteiger charge is -2.40. The van der Waals surface area contributed by atoms with Crippen LogP contribution in [0.2, 0.25) is 5.15 Å². The van der Waals surface area contributed by atoms with E-state index in [0.717, 1.165) is 44.2 Å². The zero-order chi connectivity index (χ0) is 61.5. The van der Waals surface area contributed by atoms with Crippen LogP contribution in [0.25, 0.3) is 32.7 Å². The second-order valence-corrected chi connectivity index (χ2v) is 22.2. The van der Waals surface area contributed by atoms with Gasteiger partial charge in [-0.2, -0.15) is 16.8 Å². The van der Waals surface area contributed by atoms with Crippen molar-refractivity contribution in [3.8, 4) is 0 Å². The van der Waals surface area contributed by atoms with Crippen molar-refractivity contribution >= 4 is 93.9 Å². The van der Waals surface area contributed by atoms with E-state index < -0.39 is 38.2 Å². The van der Waals surface area contributed by atoms with Crippen LogP contribution in [0.4, 0.5) is 34.8 Å². The van der Waals surface area contributed by atoms with Gasteiger partial charge in [-0.1, -0.05) is 77.1 Å². The van der Waals surface area contributed by atoms with Crippen LogP contribution in [-0.4, -0.2) is 108 Å². The number of carbonyl (C=O) groups is 2. The molecular weight excluding hydrogens is 1250 g/mol. The van der Waals surface area contributed by atoms with Crippen LogP contribution in [0.15, 0.2) is 90.5 Å². The lowest BCUT2D eigenvalue weighted by Crippen LogP contribution is -2.48. The maximum Gasteiger partial charge on any atom is 0.337 e. The quantitative estimate of drug-likeness (QED) is 0.0327. The number of benzene rings is 5. The summed E-state index contributed by atoms with van der Waals surface area (Å²) in [7, 11) is -7.11. The number of carboxylic acids is 2. The molecule has 0 spiro atoms. The average molecular weight is 1340 g/mol. The Bertz CT molecular complexity index is 3940. The van der Waals surface area contributed by atoms with Gasteiger partial charge in [-0.05, 0) is 161 Å². The van der Waals surface area contributed by atoms with Crippen molar-refractivity contribution < 1.29 is 54.2 Å². The molecule has 0 unspecified atom stereocenters. The van der Waals surface area contributed by atoms with Crippen LogP contribution in [0.5, 0.6) is 0 Å². The Labute approximate surface area is 538 Å². The van der Waals surface area contributed by atoms with E-state index in [2.05, 4.69) is 44.7 Å². The van der Waals surface area contributed by atoms with Crippen LogP contribution in [0, 0.1) is 69.7 Å². The van der Waals surface area contributed by atoms with Gasteiger partial charge in [-0.25, -0.2) is 71.8 Å². The van der Waals surface area contributed by atoms with Crippen molar-refractivity contribution in [3.63, 3.8) is 0 Å². The summed E-state index contributed by atoms with van der Waals surface area (Å²) >= 11 is 5.76. The topological polar surface area (TPSA) is 384 Å². The summed E-state index contributed by atoms with van der Waals surface area (Å²) in [5.41, 5.74) is 15.6. The maximum absolute atomic E-state index is 13.8. The number of hydrogen-bond donors (Lipinski definition) is 10. The van der Waals surface area contributed by atoms with Crippen molar-refractivity contribution in [3.05, 3.63) is 163 Å². The van der Waals surface area contributed by atoms with E-state index in [1.165, 1.54) is 56.2 Å². The summed E-state index contributed by atoms with van der Waals surface area (Å²) < 4.78 is 99.7. The van der Waals surface area contributed by atoms with Crippen molar-refractivity contribution in [2.75, 3.05) is 55.6 Å². The van der Waals surface area contributed by atoms with Gasteiger partial charge in [-0.15, -0.1) is 0 Å². The van der Waals surface area contributed by atoms with Crippen LogP contribution >= 0.6 is 11.6 Å². The molecule has 5 heterocycles. The molecule has 30 heteroatoms. The van der Waals surface area contributed by atoms with Gasteiger partial charge in [0.15, 0.2) is 0 Å². The summed E-state index contributed by atoms with van der Waals surface area (Å²) in [4.78, 5) is 56.6. The minimum absolute atomic E-state index is 0. The molecule has 3 aromatic heterocycles. The molecular formula is C61H93ClF4N14O9S2. The van der Waals surface area contributed by atoms with Crippen molar-refractivity contribution in [2.24, 2.45) is 22.1 Å². The molecule has 0 radical (unpaired) electrons. The fourth-order valence-electron chi connectivity index (χ4n) is 7.82. The van der Waals surface area contributed by atoms with Gasteiger partial charge in [0.05, 0.1) is 39.4 Å². The molecule has 2 saturated heterocycles. The minimum Gasteiger partial charge on any atom is -0.478 e. The number of aromatic amines is 1. The number of aromatic carboxylic acids is 2. The number of halogens is 5. The third kappa shape index (κ3) is 27.1. The van der Waals surface area contributed by atoms with Crippen LogP contribution < -0.4 is 47.0 Å². The van der Waals surface area contributed by atoms with Crippen molar-refractivity contribution in [2.45, 2.75) is 107 Å². The van der Waals surface area contributed by atoms with Gasteiger partial charge in [0.25, 0.3) is 26.0 Å². The maximum atomic E-state index is 13.8. The van der Waals surface area contributed by atoms with E-state index in [0.29, 0.717) is 92.4 Å². The first kappa shape index (κ1) is 89.4. The largest absolute Gasteiger partial charge is 0.478 e. The Morgan fingerprint density at radius 3 is 1.46 bits per heavy atom. The number of nitrogen functional groups attached to an aromatic ring is 2. The van der Waals surface area contributed by atoms with Crippen LogP contribution in [-0.2, 0) is 20.4 Å². The number of nitrogens with two attached hydrogens (primary N) is 4. The molecule has 0 amide bonds. The normalized spacial score (nSPS) is 11.9. The first-order valence-electron chi connectivity index (χ1n) is 24.9. The van der Waals surface area contributed by atoms with E-state index in [9.17, 15) is 48.8 Å². The fraction of sp³-hybridized carbons (Fsp3) is 0.377. The highest BCUT2D eigenvalue weighted by Gasteiger charge is 2.29. The lowest BCUT2D eigenvalue weighted by atomic mass is 9.96. The van der Waals surface area contributed by atoms with Crippen molar-refractivity contribution in [1.82, 2.24) is 44.7 Å². The molecule has 14 N–H and O–H groups in total. The van der Waals surface area contributed by atoms with E-state index in [1.807, 2.05) is 11.8 Å². The Balaban J connectivity index is -0.000000502. The zero-order valence-corrected chi connectivity index (χ0v) is 47.7. The number of nitrogens with one attached hydrogen (secondary N) is 4. The molecule has 508 valence electrons. The number of fused-ring (bicyclic) bond motifs is 3. The predicted molar refractivity (Wildman–Crippen MR) is 363 cm³/mol. The smallest absolute Gasteiger partial charge is 0.337 e. The van der Waals surface area contributed by atoms with Gasteiger partial charge in [0, 0.05) is 48.3 Å². The zero-order valence-electron chi connectivity index (χ0n) is 45.3. The lowest BCUT2D eigenvalue weighted by molar-refractivity contribution is 0.0687. The van der Waals surface area contributed by atoms with Gasteiger partial charge in [0.1, 0.15) is 46.9 Å². The highest BCUT2D eigenvalue weighted by molar-refractivity contribution is 7.87. The molecule has 2 aliphatic rings. The number of nitrogens with zero attached hydrogens (tertiary/aromatic N) is 6. The fourth-order valence-corrected chi connectivity index (χ4v) is 8.82. The molecule has 0 aliphatic carbocycles. The molecule has 91 heavy (non-hydrogen) atoms. The molecule has 0 atom stereocenters. The summed E-state index contributed by atoms with van der Waals surface area (Å²) in [5.74, 6) is -2.02. The Morgan fingerprint density at radius 2 is 1.00 bits per heavy atom. The molecule has 2 fully saturated rings. The SMILES string of the molecule is C.C.C.C.C.C.C.C.Cc1cc(N)c(C(=O)O)cc1F.Cc1cc2nc[nH]c(=O)c2cc1F.Cc1cc2ncnc(Cl)c2cc1F.Cc1cc2ncnc(N3CC(CCNS(N)(=O)=O)C3)c2cc1F.Cc1ccc(C(=O)O)c(N)c1.NS(=O)(=O)NCCC1CNC1. The van der Waals surface area contributed by atoms with Gasteiger partial charge in [-0.3, -0.25) is 4.79 Å². The van der Waals surface area contributed by atoms with Crippen molar-refractivity contribution in [1.29, 1.82) is 0 Å². The number of anilines is 3. The molecule has 10 rings (SSSR count). The summed E-state index contributed by atoms with van der Waals surface area (Å²) in [6.45, 7) is 12.7. The van der Waals surface area contributed by atoms with Crippen LogP contribution in [0.1, 0.15) is 121 Å². The molecule has 5 aromatic carbocycles. The first-order valence-corrected chi connectivity index (χ1v) is 28.4. The summed E-state index contributed by atoms with van der Waals surface area (Å²) in [6.07, 6.45) is 5.71. The van der Waals surface area contributed by atoms with Gasteiger partial charge >= 0.3 is 11.9 Å². The average Bonchev–Trinajstić information content (AvgIpc) is 0.978. The molecule has 0 saturated carbocycles. The molecule has 23 nitrogen and oxygen atoms in total. The summed E-state index contributed by atoms with van der Waals surface area (Å²) in [5, 5.41) is 31.6. The minimum atomic E-state index is -3.63. The molecule has 0 bridgehead atoms. The third-order valence-electron chi connectivity index (χ3n) is 12.5. The Morgan fingerprint density at radius 1 is 0.582 bits per heavy atom. The second kappa shape index (κ2) is 40.0. The number of rotatable bonds is 11.